The Kier molecular flexibility index (Phi) is 2.23. The number of aromatic amines is 1. The van der Waals surface area contributed by atoms with Crippen LogP contribution in [0.2, 0.25) is 0 Å². The standard InChI is InChI=1S/C16H12N2S/c1-10-15(11-6-2-4-8-13(11)17-10)16-12-7-3-5-9-14(12)19-18-16/h2-9,17H,1H3. The van der Waals surface area contributed by atoms with E-state index in [1.807, 2.05) is 0 Å². The molecule has 4 rings (SSSR count). The van der Waals surface area contributed by atoms with Crippen LogP contribution in [0.5, 0.6) is 0 Å². The monoisotopic (exact) mass is 264 g/mol. The summed E-state index contributed by atoms with van der Waals surface area (Å²) in [6.07, 6.45) is 0. The molecular weight excluding hydrogens is 252 g/mol. The average Bonchev–Trinajstić information content (AvgIpc) is 2.98. The van der Waals surface area contributed by atoms with E-state index in [4.69, 9.17) is 0 Å². The van der Waals surface area contributed by atoms with Crippen LogP contribution in [-0.4, -0.2) is 9.36 Å². The van der Waals surface area contributed by atoms with Gasteiger partial charge in [0, 0.05) is 27.5 Å². The van der Waals surface area contributed by atoms with E-state index >= 15 is 0 Å². The van der Waals surface area contributed by atoms with E-state index in [1.54, 1.807) is 11.5 Å². The van der Waals surface area contributed by atoms with Crippen molar-refractivity contribution in [2.45, 2.75) is 6.92 Å². The molecule has 0 unspecified atom stereocenters. The van der Waals surface area contributed by atoms with Crippen LogP contribution < -0.4 is 0 Å². The third-order valence-corrected chi connectivity index (χ3v) is 4.33. The Labute approximate surface area is 114 Å². The largest absolute Gasteiger partial charge is 0.358 e. The molecule has 19 heavy (non-hydrogen) atoms. The summed E-state index contributed by atoms with van der Waals surface area (Å²) in [4.78, 5) is 3.44. The lowest BCUT2D eigenvalue weighted by atomic mass is 10.0. The highest BCUT2D eigenvalue weighted by atomic mass is 32.1. The fourth-order valence-corrected chi connectivity index (χ4v) is 3.43. The smallest absolute Gasteiger partial charge is 0.0943 e. The molecule has 2 aromatic carbocycles. The molecule has 92 valence electrons. The summed E-state index contributed by atoms with van der Waals surface area (Å²) in [7, 11) is 0. The lowest BCUT2D eigenvalue weighted by Gasteiger charge is -1.98. The first-order chi connectivity index (χ1) is 9.34. The van der Waals surface area contributed by atoms with Crippen LogP contribution in [0.1, 0.15) is 5.69 Å². The predicted octanol–water partition coefficient (Wildman–Crippen LogP) is 4.75. The minimum Gasteiger partial charge on any atom is -0.358 e. The van der Waals surface area contributed by atoms with Gasteiger partial charge in [0.1, 0.15) is 0 Å². The fourth-order valence-electron chi connectivity index (χ4n) is 2.65. The maximum absolute atomic E-state index is 4.67. The molecule has 0 spiro atoms. The Hall–Kier alpha value is -2.13. The molecule has 2 heterocycles. The van der Waals surface area contributed by atoms with Gasteiger partial charge >= 0.3 is 0 Å². The summed E-state index contributed by atoms with van der Waals surface area (Å²) < 4.78 is 5.91. The van der Waals surface area contributed by atoms with Gasteiger partial charge in [0.15, 0.2) is 0 Å². The van der Waals surface area contributed by atoms with Crippen LogP contribution in [0.15, 0.2) is 48.5 Å². The molecule has 0 aliphatic rings. The molecule has 2 nitrogen and oxygen atoms in total. The number of nitrogens with zero attached hydrogens (tertiary/aromatic N) is 1. The zero-order chi connectivity index (χ0) is 12.8. The number of hydrogen-bond acceptors (Lipinski definition) is 2. The molecule has 0 atom stereocenters. The zero-order valence-electron chi connectivity index (χ0n) is 10.5. The predicted molar refractivity (Wildman–Crippen MR) is 81.6 cm³/mol. The van der Waals surface area contributed by atoms with Crippen molar-refractivity contribution in [3.8, 4) is 11.3 Å². The first-order valence-electron chi connectivity index (χ1n) is 6.27. The molecule has 0 aliphatic heterocycles. The van der Waals surface area contributed by atoms with Gasteiger partial charge in [-0.1, -0.05) is 36.4 Å². The number of aromatic nitrogens is 2. The fraction of sp³-hybridized carbons (Fsp3) is 0.0625. The molecule has 1 N–H and O–H groups in total. The summed E-state index contributed by atoms with van der Waals surface area (Å²) in [5, 5.41) is 2.48. The van der Waals surface area contributed by atoms with E-state index in [0.29, 0.717) is 0 Å². The molecule has 2 aromatic heterocycles. The molecule has 0 aliphatic carbocycles. The van der Waals surface area contributed by atoms with Crippen LogP contribution in [-0.2, 0) is 0 Å². The third-order valence-electron chi connectivity index (χ3n) is 3.51. The SMILES string of the molecule is Cc1[nH]c2ccccc2c1-c1nsc2ccccc12. The molecule has 3 heteroatoms. The number of nitrogens with one attached hydrogen (secondary N) is 1. The van der Waals surface area contributed by atoms with Crippen molar-refractivity contribution in [2.75, 3.05) is 0 Å². The second-order valence-electron chi connectivity index (χ2n) is 4.70. The van der Waals surface area contributed by atoms with Gasteiger partial charge in [-0.2, -0.15) is 4.37 Å². The van der Waals surface area contributed by atoms with E-state index in [1.165, 1.54) is 32.2 Å². The first-order valence-corrected chi connectivity index (χ1v) is 7.04. The van der Waals surface area contributed by atoms with Gasteiger partial charge in [-0.3, -0.25) is 0 Å². The van der Waals surface area contributed by atoms with Crippen molar-refractivity contribution in [3.63, 3.8) is 0 Å². The van der Waals surface area contributed by atoms with Crippen molar-refractivity contribution in [1.29, 1.82) is 0 Å². The van der Waals surface area contributed by atoms with Crippen LogP contribution >= 0.6 is 11.5 Å². The number of H-pyrrole nitrogens is 1. The molecular formula is C16H12N2S. The number of hydrogen-bond donors (Lipinski definition) is 1. The van der Waals surface area contributed by atoms with Crippen molar-refractivity contribution in [1.82, 2.24) is 9.36 Å². The summed E-state index contributed by atoms with van der Waals surface area (Å²) in [6, 6.07) is 16.8. The van der Waals surface area contributed by atoms with Crippen LogP contribution in [0.25, 0.3) is 32.2 Å². The normalized spacial score (nSPS) is 11.4. The summed E-state index contributed by atoms with van der Waals surface area (Å²) in [5.74, 6) is 0. The molecule has 0 bridgehead atoms. The number of rotatable bonds is 1. The van der Waals surface area contributed by atoms with Crippen LogP contribution in [0.3, 0.4) is 0 Å². The molecule has 4 aromatic rings. The molecule has 0 amide bonds. The second-order valence-corrected chi connectivity index (χ2v) is 5.50. The van der Waals surface area contributed by atoms with E-state index in [0.717, 1.165) is 5.69 Å². The van der Waals surface area contributed by atoms with E-state index in [9.17, 15) is 0 Å². The van der Waals surface area contributed by atoms with Gasteiger partial charge in [0.25, 0.3) is 0 Å². The van der Waals surface area contributed by atoms with E-state index < -0.39 is 0 Å². The lowest BCUT2D eigenvalue weighted by Crippen LogP contribution is -1.80. The van der Waals surface area contributed by atoms with E-state index in [2.05, 4.69) is 64.8 Å². The Bertz CT molecular complexity index is 886. The molecule has 0 fully saturated rings. The maximum Gasteiger partial charge on any atom is 0.0943 e. The lowest BCUT2D eigenvalue weighted by molar-refractivity contribution is 1.30. The van der Waals surface area contributed by atoms with Crippen LogP contribution in [0.4, 0.5) is 0 Å². The highest BCUT2D eigenvalue weighted by molar-refractivity contribution is 7.13. The Morgan fingerprint density at radius 2 is 1.68 bits per heavy atom. The highest BCUT2D eigenvalue weighted by Gasteiger charge is 2.15. The maximum atomic E-state index is 4.67. The zero-order valence-corrected chi connectivity index (χ0v) is 11.3. The summed E-state index contributed by atoms with van der Waals surface area (Å²) in [6.45, 7) is 2.11. The number of fused-ring (bicyclic) bond motifs is 2. The number of benzene rings is 2. The molecule has 0 saturated carbocycles. The van der Waals surface area contributed by atoms with Crippen molar-refractivity contribution in [2.24, 2.45) is 0 Å². The Morgan fingerprint density at radius 3 is 2.58 bits per heavy atom. The second kappa shape index (κ2) is 3.93. The first kappa shape index (κ1) is 10.8. The summed E-state index contributed by atoms with van der Waals surface area (Å²) >= 11 is 1.57. The minimum atomic E-state index is 1.09. The number of para-hydroxylation sites is 1. The van der Waals surface area contributed by atoms with Gasteiger partial charge in [-0.25, -0.2) is 0 Å². The summed E-state index contributed by atoms with van der Waals surface area (Å²) in [5.41, 5.74) is 4.67. The van der Waals surface area contributed by atoms with Crippen molar-refractivity contribution < 1.29 is 0 Å². The number of aryl methyl sites for hydroxylation is 1. The van der Waals surface area contributed by atoms with Gasteiger partial charge in [0.05, 0.1) is 10.4 Å². The van der Waals surface area contributed by atoms with Crippen molar-refractivity contribution in [3.05, 3.63) is 54.2 Å². The topological polar surface area (TPSA) is 28.7 Å². The molecule has 0 saturated heterocycles. The Balaban J connectivity index is 2.12. The Morgan fingerprint density at radius 1 is 0.947 bits per heavy atom. The third kappa shape index (κ3) is 1.52. The van der Waals surface area contributed by atoms with Crippen LogP contribution in [0, 0.1) is 6.92 Å². The highest BCUT2D eigenvalue weighted by Crippen LogP contribution is 2.37. The van der Waals surface area contributed by atoms with Gasteiger partial charge in [0.2, 0.25) is 0 Å². The van der Waals surface area contributed by atoms with Crippen molar-refractivity contribution >= 4 is 32.5 Å². The van der Waals surface area contributed by atoms with Gasteiger partial charge in [-0.05, 0) is 30.6 Å². The van der Waals surface area contributed by atoms with E-state index in [-0.39, 0.29) is 0 Å². The quantitative estimate of drug-likeness (QED) is 0.528. The van der Waals surface area contributed by atoms with Gasteiger partial charge < -0.3 is 4.98 Å². The minimum absolute atomic E-state index is 1.09. The molecule has 0 radical (unpaired) electrons. The van der Waals surface area contributed by atoms with Gasteiger partial charge in [-0.15, -0.1) is 0 Å². The average molecular weight is 264 g/mol.